The molecular formula is C8H13N3O. The molecule has 4 nitrogen and oxygen atoms in total. The van der Waals surface area contributed by atoms with Crippen LogP contribution in [0.15, 0.2) is 12.2 Å². The molecule has 0 aromatic heterocycles. The van der Waals surface area contributed by atoms with Crippen molar-refractivity contribution in [1.29, 1.82) is 0 Å². The molecule has 2 bridgehead atoms. The zero-order valence-electron chi connectivity index (χ0n) is 7.08. The minimum atomic E-state index is -0.583. The van der Waals surface area contributed by atoms with Crippen LogP contribution >= 0.6 is 0 Å². The van der Waals surface area contributed by atoms with E-state index in [0.29, 0.717) is 6.04 Å². The van der Waals surface area contributed by atoms with Crippen LogP contribution in [-0.2, 0) is 4.79 Å². The molecule has 2 aliphatic heterocycles. The van der Waals surface area contributed by atoms with Crippen molar-refractivity contribution in [3.8, 4) is 0 Å². The fourth-order valence-corrected chi connectivity index (χ4v) is 1.72. The van der Waals surface area contributed by atoms with Gasteiger partial charge in [0.25, 0.3) is 0 Å². The Kier molecular flexibility index (Phi) is 1.49. The Balaban J connectivity index is 2.32. The molecule has 3 unspecified atom stereocenters. The standard InChI is InChI=1S/C8H13N3O/c1-8(7(9)12)3-2-6-4-11(8)5-10-6/h2-3,6,10H,4-5H2,1H3,(H2,9,12). The van der Waals surface area contributed by atoms with Crippen LogP contribution in [0.3, 0.4) is 0 Å². The Bertz CT molecular complexity index is 251. The van der Waals surface area contributed by atoms with E-state index < -0.39 is 5.54 Å². The van der Waals surface area contributed by atoms with Gasteiger partial charge >= 0.3 is 0 Å². The summed E-state index contributed by atoms with van der Waals surface area (Å²) in [6.07, 6.45) is 3.91. The first-order valence-electron chi connectivity index (χ1n) is 4.10. The topological polar surface area (TPSA) is 58.4 Å². The maximum absolute atomic E-state index is 11.2. The van der Waals surface area contributed by atoms with Crippen molar-refractivity contribution in [2.45, 2.75) is 18.5 Å². The summed E-state index contributed by atoms with van der Waals surface area (Å²) < 4.78 is 0. The largest absolute Gasteiger partial charge is 0.368 e. The Morgan fingerprint density at radius 3 is 3.25 bits per heavy atom. The number of nitrogens with zero attached hydrogens (tertiary/aromatic N) is 1. The van der Waals surface area contributed by atoms with E-state index in [1.54, 1.807) is 0 Å². The normalized spacial score (nSPS) is 44.8. The minimum Gasteiger partial charge on any atom is -0.368 e. The highest BCUT2D eigenvalue weighted by atomic mass is 16.1. The highest BCUT2D eigenvalue weighted by Crippen LogP contribution is 2.24. The Morgan fingerprint density at radius 2 is 2.58 bits per heavy atom. The fourth-order valence-electron chi connectivity index (χ4n) is 1.72. The second-order valence-electron chi connectivity index (χ2n) is 3.56. The van der Waals surface area contributed by atoms with E-state index in [-0.39, 0.29) is 5.91 Å². The predicted molar refractivity (Wildman–Crippen MR) is 45.2 cm³/mol. The maximum atomic E-state index is 11.2. The lowest BCUT2D eigenvalue weighted by molar-refractivity contribution is -0.126. The van der Waals surface area contributed by atoms with Crippen molar-refractivity contribution in [1.82, 2.24) is 10.2 Å². The summed E-state index contributed by atoms with van der Waals surface area (Å²) in [6.45, 7) is 3.49. The SMILES string of the molecule is CC1(C(N)=O)C=CC2CN1CN2. The van der Waals surface area contributed by atoms with E-state index in [9.17, 15) is 4.79 Å². The third-order valence-corrected chi connectivity index (χ3v) is 2.77. The average molecular weight is 167 g/mol. The lowest BCUT2D eigenvalue weighted by Gasteiger charge is -2.34. The number of carbonyl (C=O) groups excluding carboxylic acids is 1. The fraction of sp³-hybridized carbons (Fsp3) is 0.625. The number of hydrogen-bond donors (Lipinski definition) is 2. The number of nitrogens with one attached hydrogen (secondary N) is 1. The predicted octanol–water partition coefficient (Wildman–Crippen LogP) is -0.968. The van der Waals surface area contributed by atoms with E-state index in [1.165, 1.54) is 0 Å². The van der Waals surface area contributed by atoms with Crippen molar-refractivity contribution in [2.75, 3.05) is 13.2 Å². The third kappa shape index (κ3) is 0.884. The van der Waals surface area contributed by atoms with Crippen LogP contribution in [0.2, 0.25) is 0 Å². The Hall–Kier alpha value is -0.870. The molecule has 0 aliphatic carbocycles. The van der Waals surface area contributed by atoms with Gasteiger partial charge in [-0.25, -0.2) is 0 Å². The number of carbonyl (C=O) groups is 1. The molecule has 66 valence electrons. The van der Waals surface area contributed by atoms with E-state index in [4.69, 9.17) is 5.73 Å². The number of amides is 1. The molecule has 3 N–H and O–H groups in total. The van der Waals surface area contributed by atoms with Gasteiger partial charge in [-0.1, -0.05) is 12.2 Å². The average Bonchev–Trinajstić information content (AvgIpc) is 2.43. The molecule has 0 spiro atoms. The summed E-state index contributed by atoms with van der Waals surface area (Å²) in [5, 5.41) is 3.26. The zero-order valence-corrected chi connectivity index (χ0v) is 7.08. The van der Waals surface area contributed by atoms with Gasteiger partial charge in [0.1, 0.15) is 5.54 Å². The molecular weight excluding hydrogens is 154 g/mol. The summed E-state index contributed by atoms with van der Waals surface area (Å²) in [6, 6.07) is 0.400. The molecule has 1 fully saturated rings. The number of fused-ring (bicyclic) bond motifs is 2. The highest BCUT2D eigenvalue weighted by Gasteiger charge is 2.42. The van der Waals surface area contributed by atoms with Gasteiger partial charge in [-0.15, -0.1) is 0 Å². The monoisotopic (exact) mass is 167 g/mol. The molecule has 0 aromatic rings. The van der Waals surface area contributed by atoms with E-state index in [0.717, 1.165) is 13.2 Å². The van der Waals surface area contributed by atoms with Crippen LogP contribution in [0.5, 0.6) is 0 Å². The van der Waals surface area contributed by atoms with Gasteiger partial charge in [0.2, 0.25) is 5.91 Å². The second-order valence-corrected chi connectivity index (χ2v) is 3.56. The third-order valence-electron chi connectivity index (χ3n) is 2.77. The van der Waals surface area contributed by atoms with Gasteiger partial charge in [0.15, 0.2) is 0 Å². The van der Waals surface area contributed by atoms with Crippen LogP contribution in [0.1, 0.15) is 6.92 Å². The van der Waals surface area contributed by atoms with Crippen LogP contribution in [-0.4, -0.2) is 35.6 Å². The van der Waals surface area contributed by atoms with Crippen LogP contribution in [0.4, 0.5) is 0 Å². The van der Waals surface area contributed by atoms with Gasteiger partial charge in [-0.3, -0.25) is 15.0 Å². The van der Waals surface area contributed by atoms with Crippen LogP contribution < -0.4 is 11.1 Å². The van der Waals surface area contributed by atoms with Crippen molar-refractivity contribution >= 4 is 5.91 Å². The second kappa shape index (κ2) is 2.31. The van der Waals surface area contributed by atoms with Gasteiger partial charge < -0.3 is 5.73 Å². The van der Waals surface area contributed by atoms with Crippen molar-refractivity contribution in [3.05, 3.63) is 12.2 Å². The quantitative estimate of drug-likeness (QED) is 0.494. The van der Waals surface area contributed by atoms with Crippen molar-refractivity contribution in [3.63, 3.8) is 0 Å². The van der Waals surface area contributed by atoms with Crippen molar-refractivity contribution < 1.29 is 4.79 Å². The van der Waals surface area contributed by atoms with Crippen LogP contribution in [0, 0.1) is 0 Å². The van der Waals surface area contributed by atoms with E-state index in [1.807, 2.05) is 19.1 Å². The van der Waals surface area contributed by atoms with Crippen molar-refractivity contribution in [2.24, 2.45) is 5.73 Å². The smallest absolute Gasteiger partial charge is 0.241 e. The highest BCUT2D eigenvalue weighted by molar-refractivity contribution is 5.86. The molecule has 2 aliphatic rings. The molecule has 2 heterocycles. The summed E-state index contributed by atoms with van der Waals surface area (Å²) >= 11 is 0. The lowest BCUT2D eigenvalue weighted by Crippen LogP contribution is -2.54. The summed E-state index contributed by atoms with van der Waals surface area (Å²) in [7, 11) is 0. The molecule has 0 radical (unpaired) electrons. The number of nitrogens with two attached hydrogens (primary N) is 1. The molecule has 2 rings (SSSR count). The Labute approximate surface area is 71.4 Å². The lowest BCUT2D eigenvalue weighted by atomic mass is 9.95. The molecule has 0 aromatic carbocycles. The number of primary amides is 1. The van der Waals surface area contributed by atoms with Gasteiger partial charge in [0, 0.05) is 19.3 Å². The first-order chi connectivity index (χ1) is 5.63. The Morgan fingerprint density at radius 1 is 1.83 bits per heavy atom. The first kappa shape index (κ1) is 7.76. The molecule has 0 saturated carbocycles. The zero-order chi connectivity index (χ0) is 8.77. The minimum absolute atomic E-state index is 0.277. The van der Waals surface area contributed by atoms with E-state index in [2.05, 4.69) is 10.2 Å². The summed E-state index contributed by atoms with van der Waals surface area (Å²) in [5.41, 5.74) is 4.74. The molecule has 3 atom stereocenters. The summed E-state index contributed by atoms with van der Waals surface area (Å²) in [5.74, 6) is -0.277. The molecule has 1 amide bonds. The first-order valence-corrected chi connectivity index (χ1v) is 4.10. The van der Waals surface area contributed by atoms with E-state index >= 15 is 0 Å². The van der Waals surface area contributed by atoms with Gasteiger partial charge in [0.05, 0.1) is 0 Å². The molecule has 1 saturated heterocycles. The molecule has 4 heteroatoms. The molecule has 12 heavy (non-hydrogen) atoms. The summed E-state index contributed by atoms with van der Waals surface area (Å²) in [4.78, 5) is 13.2. The maximum Gasteiger partial charge on any atom is 0.241 e. The van der Waals surface area contributed by atoms with Crippen LogP contribution in [0.25, 0.3) is 0 Å². The number of rotatable bonds is 1. The van der Waals surface area contributed by atoms with Gasteiger partial charge in [-0.05, 0) is 6.92 Å². The van der Waals surface area contributed by atoms with Gasteiger partial charge in [-0.2, -0.15) is 0 Å². The number of hydrogen-bond acceptors (Lipinski definition) is 3.